The first-order valence-electron chi connectivity index (χ1n) is 4.56. The molecule has 0 amide bonds. The molecule has 0 unspecified atom stereocenters. The van der Waals surface area contributed by atoms with E-state index in [1.165, 1.54) is 6.21 Å². The summed E-state index contributed by atoms with van der Waals surface area (Å²) >= 11 is 0. The Balaban J connectivity index is 2.94. The van der Waals surface area contributed by atoms with Crippen molar-refractivity contribution < 1.29 is 5.11 Å². The monoisotopic (exact) mass is 213 g/mol. The van der Waals surface area contributed by atoms with E-state index in [4.69, 9.17) is 10.4 Å². The zero-order chi connectivity index (χ0) is 12.0. The Labute approximate surface area is 93.9 Å². The SMILES string of the molecule is C=C(C#N)N=CC(=C)c1cccnc1CO. The van der Waals surface area contributed by atoms with Gasteiger partial charge in [-0.3, -0.25) is 4.98 Å². The molecule has 0 spiro atoms. The van der Waals surface area contributed by atoms with E-state index in [2.05, 4.69) is 23.1 Å². The van der Waals surface area contributed by atoms with Crippen molar-refractivity contribution in [2.24, 2.45) is 4.99 Å². The van der Waals surface area contributed by atoms with Crippen LogP contribution in [0.2, 0.25) is 0 Å². The van der Waals surface area contributed by atoms with Crippen LogP contribution in [0.1, 0.15) is 11.3 Å². The molecule has 0 aromatic carbocycles. The highest BCUT2D eigenvalue weighted by atomic mass is 16.3. The van der Waals surface area contributed by atoms with Gasteiger partial charge in [-0.15, -0.1) is 0 Å². The molecule has 0 aliphatic carbocycles. The molecule has 0 fully saturated rings. The van der Waals surface area contributed by atoms with Crippen LogP contribution in [-0.2, 0) is 6.61 Å². The number of nitrogens with zero attached hydrogens (tertiary/aromatic N) is 3. The average Bonchev–Trinajstić information content (AvgIpc) is 2.35. The Morgan fingerprint density at radius 2 is 2.38 bits per heavy atom. The molecule has 0 bridgehead atoms. The number of aliphatic hydroxyl groups is 1. The molecule has 0 saturated heterocycles. The van der Waals surface area contributed by atoms with Crippen molar-refractivity contribution in [1.29, 1.82) is 5.26 Å². The normalized spacial score (nSPS) is 10.0. The number of rotatable bonds is 4. The van der Waals surface area contributed by atoms with Crippen LogP contribution >= 0.6 is 0 Å². The van der Waals surface area contributed by atoms with Gasteiger partial charge in [0.1, 0.15) is 11.8 Å². The number of hydrogen-bond acceptors (Lipinski definition) is 4. The van der Waals surface area contributed by atoms with Gasteiger partial charge in [0.15, 0.2) is 0 Å². The van der Waals surface area contributed by atoms with Crippen molar-refractivity contribution in [3.05, 3.63) is 48.4 Å². The summed E-state index contributed by atoms with van der Waals surface area (Å²) in [6, 6.07) is 5.32. The third-order valence-electron chi connectivity index (χ3n) is 1.89. The average molecular weight is 213 g/mol. The summed E-state index contributed by atoms with van der Waals surface area (Å²) in [4.78, 5) is 7.81. The summed E-state index contributed by atoms with van der Waals surface area (Å²) in [5.41, 5.74) is 1.92. The highest BCUT2D eigenvalue weighted by Crippen LogP contribution is 2.14. The van der Waals surface area contributed by atoms with Crippen LogP contribution in [0, 0.1) is 11.3 Å². The van der Waals surface area contributed by atoms with E-state index in [9.17, 15) is 0 Å². The van der Waals surface area contributed by atoms with Crippen LogP contribution in [0.4, 0.5) is 0 Å². The molecule has 1 aromatic heterocycles. The molecule has 1 rings (SSSR count). The number of aliphatic imine (C=N–C) groups is 1. The first kappa shape index (κ1) is 11.8. The van der Waals surface area contributed by atoms with Crippen LogP contribution in [0.5, 0.6) is 0 Å². The summed E-state index contributed by atoms with van der Waals surface area (Å²) in [7, 11) is 0. The summed E-state index contributed by atoms with van der Waals surface area (Å²) in [6.45, 7) is 7.04. The van der Waals surface area contributed by atoms with Crippen molar-refractivity contribution in [1.82, 2.24) is 4.98 Å². The fourth-order valence-corrected chi connectivity index (χ4v) is 1.11. The fourth-order valence-electron chi connectivity index (χ4n) is 1.11. The Hall–Kier alpha value is -2.25. The second-order valence-electron chi connectivity index (χ2n) is 3.00. The Bertz CT molecular complexity index is 483. The number of aromatic nitrogens is 1. The number of hydrogen-bond donors (Lipinski definition) is 1. The highest BCUT2D eigenvalue weighted by Gasteiger charge is 2.03. The molecule has 80 valence electrons. The van der Waals surface area contributed by atoms with Crippen molar-refractivity contribution in [3.8, 4) is 6.07 Å². The van der Waals surface area contributed by atoms with E-state index in [1.807, 2.05) is 0 Å². The fraction of sp³-hybridized carbons (Fsp3) is 0.0833. The van der Waals surface area contributed by atoms with E-state index in [-0.39, 0.29) is 12.3 Å². The lowest BCUT2D eigenvalue weighted by Gasteiger charge is -2.04. The number of nitriles is 1. The second kappa shape index (κ2) is 5.59. The van der Waals surface area contributed by atoms with Crippen LogP contribution in [-0.4, -0.2) is 16.3 Å². The van der Waals surface area contributed by atoms with E-state index >= 15 is 0 Å². The van der Waals surface area contributed by atoms with E-state index < -0.39 is 0 Å². The van der Waals surface area contributed by atoms with E-state index in [0.717, 1.165) is 0 Å². The van der Waals surface area contributed by atoms with Gasteiger partial charge >= 0.3 is 0 Å². The van der Waals surface area contributed by atoms with Crippen molar-refractivity contribution in [3.63, 3.8) is 0 Å². The topological polar surface area (TPSA) is 69.3 Å². The van der Waals surface area contributed by atoms with Gasteiger partial charge in [0.2, 0.25) is 0 Å². The van der Waals surface area contributed by atoms with Crippen LogP contribution < -0.4 is 0 Å². The molecular formula is C12H11N3O. The zero-order valence-electron chi connectivity index (χ0n) is 8.72. The van der Waals surface area contributed by atoms with Gasteiger partial charge in [0, 0.05) is 18.0 Å². The standard InChI is InChI=1S/C12H11N3O/c1-9(7-15-10(2)6-13)11-4-3-5-14-12(11)8-16/h3-5,7,16H,1-2,8H2. The number of pyridine rings is 1. The second-order valence-corrected chi connectivity index (χ2v) is 3.00. The van der Waals surface area contributed by atoms with Crippen molar-refractivity contribution in [2.75, 3.05) is 0 Å². The molecule has 4 nitrogen and oxygen atoms in total. The molecule has 1 aromatic rings. The van der Waals surface area contributed by atoms with Gasteiger partial charge in [0.25, 0.3) is 0 Å². The molecule has 1 heterocycles. The predicted molar refractivity (Wildman–Crippen MR) is 62.4 cm³/mol. The minimum atomic E-state index is -0.164. The van der Waals surface area contributed by atoms with Gasteiger partial charge in [-0.2, -0.15) is 5.26 Å². The molecule has 0 aliphatic heterocycles. The van der Waals surface area contributed by atoms with Gasteiger partial charge in [-0.1, -0.05) is 19.2 Å². The third-order valence-corrected chi connectivity index (χ3v) is 1.89. The first-order chi connectivity index (χ1) is 7.69. The molecule has 0 atom stereocenters. The number of aliphatic hydroxyl groups excluding tert-OH is 1. The van der Waals surface area contributed by atoms with Gasteiger partial charge in [0.05, 0.1) is 12.3 Å². The van der Waals surface area contributed by atoms with Crippen LogP contribution in [0.15, 0.2) is 42.2 Å². The Morgan fingerprint density at radius 1 is 1.62 bits per heavy atom. The summed E-state index contributed by atoms with van der Waals surface area (Å²) in [5.74, 6) is 0. The molecule has 1 N–H and O–H groups in total. The maximum absolute atomic E-state index is 9.07. The van der Waals surface area contributed by atoms with Gasteiger partial charge in [-0.05, 0) is 11.6 Å². The molecule has 4 heteroatoms. The quantitative estimate of drug-likeness (QED) is 0.611. The minimum Gasteiger partial charge on any atom is -0.390 e. The zero-order valence-corrected chi connectivity index (χ0v) is 8.72. The molecule has 0 aliphatic rings. The van der Waals surface area contributed by atoms with Crippen molar-refractivity contribution >= 4 is 11.8 Å². The number of allylic oxidation sites excluding steroid dienone is 2. The summed E-state index contributed by atoms with van der Waals surface area (Å²) in [6.07, 6.45) is 3.02. The van der Waals surface area contributed by atoms with E-state index in [0.29, 0.717) is 16.8 Å². The molecular weight excluding hydrogens is 202 g/mol. The minimum absolute atomic E-state index is 0.107. The maximum Gasteiger partial charge on any atom is 0.133 e. The predicted octanol–water partition coefficient (Wildman–Crippen LogP) is 1.70. The lowest BCUT2D eigenvalue weighted by Crippen LogP contribution is -1.96. The molecule has 16 heavy (non-hydrogen) atoms. The maximum atomic E-state index is 9.07. The van der Waals surface area contributed by atoms with Crippen LogP contribution in [0.3, 0.4) is 0 Å². The lowest BCUT2D eigenvalue weighted by molar-refractivity contribution is 0.276. The van der Waals surface area contributed by atoms with E-state index in [1.54, 1.807) is 24.4 Å². The van der Waals surface area contributed by atoms with Crippen LogP contribution in [0.25, 0.3) is 5.57 Å². The Kier molecular flexibility index (Phi) is 4.13. The smallest absolute Gasteiger partial charge is 0.133 e. The summed E-state index contributed by atoms with van der Waals surface area (Å²) < 4.78 is 0. The molecule has 0 radical (unpaired) electrons. The van der Waals surface area contributed by atoms with Gasteiger partial charge < -0.3 is 5.11 Å². The first-order valence-corrected chi connectivity index (χ1v) is 4.56. The van der Waals surface area contributed by atoms with Gasteiger partial charge in [-0.25, -0.2) is 4.99 Å². The Morgan fingerprint density at radius 3 is 3.00 bits per heavy atom. The molecule has 0 saturated carbocycles. The lowest BCUT2D eigenvalue weighted by atomic mass is 10.1. The summed E-state index contributed by atoms with van der Waals surface area (Å²) in [5, 5.41) is 17.5. The largest absolute Gasteiger partial charge is 0.390 e. The highest BCUT2D eigenvalue weighted by molar-refractivity contribution is 6.09. The van der Waals surface area contributed by atoms with Crippen molar-refractivity contribution in [2.45, 2.75) is 6.61 Å². The third kappa shape index (κ3) is 2.87.